The highest BCUT2D eigenvalue weighted by molar-refractivity contribution is 6.21. The Bertz CT molecular complexity index is 2970. The molecule has 0 nitrogen and oxygen atoms in total. The van der Waals surface area contributed by atoms with Crippen LogP contribution in [0.5, 0.6) is 0 Å². The van der Waals surface area contributed by atoms with E-state index < -0.39 is 0 Å². The smallest absolute Gasteiger partial charge is 0.0165 e. The Hall–Kier alpha value is -6.24. The quantitative estimate of drug-likeness (QED) is 0.162. The summed E-state index contributed by atoms with van der Waals surface area (Å²) in [5.74, 6) is 0. The molecule has 0 saturated heterocycles. The van der Waals surface area contributed by atoms with Crippen molar-refractivity contribution < 1.29 is 0 Å². The molecule has 0 amide bonds. The molecule has 256 valence electrons. The van der Waals surface area contributed by atoms with E-state index in [1.807, 2.05) is 0 Å². The van der Waals surface area contributed by atoms with E-state index in [1.54, 1.807) is 0 Å². The summed E-state index contributed by atoms with van der Waals surface area (Å²) in [5.41, 5.74) is 18.8. The van der Waals surface area contributed by atoms with Crippen molar-refractivity contribution in [2.75, 3.05) is 0 Å². The first-order valence-corrected chi connectivity index (χ1v) is 19.3. The van der Waals surface area contributed by atoms with Crippen LogP contribution in [-0.4, -0.2) is 0 Å². The minimum absolute atomic E-state index is 0.0614. The van der Waals surface area contributed by atoms with Crippen molar-refractivity contribution in [1.29, 1.82) is 0 Å². The fourth-order valence-corrected chi connectivity index (χ4v) is 10.2. The maximum absolute atomic E-state index is 2.47. The third kappa shape index (κ3) is 4.26. The summed E-state index contributed by atoms with van der Waals surface area (Å²) in [6.07, 6.45) is 0. The first kappa shape index (κ1) is 31.3. The Morgan fingerprint density at radius 2 is 0.815 bits per heavy atom. The van der Waals surface area contributed by atoms with Crippen molar-refractivity contribution in [3.63, 3.8) is 0 Å². The van der Waals surface area contributed by atoms with Gasteiger partial charge < -0.3 is 0 Å². The fourth-order valence-electron chi connectivity index (χ4n) is 10.2. The molecular formula is C54H40. The van der Waals surface area contributed by atoms with Crippen LogP contribution in [0.1, 0.15) is 49.9 Å². The van der Waals surface area contributed by atoms with Crippen molar-refractivity contribution in [3.05, 3.63) is 192 Å². The molecular weight excluding hydrogens is 649 g/mol. The van der Waals surface area contributed by atoms with E-state index in [9.17, 15) is 0 Å². The second kappa shape index (κ2) is 11.1. The summed E-state index contributed by atoms with van der Waals surface area (Å²) >= 11 is 0. The molecule has 0 radical (unpaired) electrons. The maximum atomic E-state index is 2.47. The second-order valence-electron chi connectivity index (χ2n) is 16.4. The van der Waals surface area contributed by atoms with Gasteiger partial charge in [-0.05, 0) is 122 Å². The molecule has 0 aromatic heterocycles. The van der Waals surface area contributed by atoms with Crippen LogP contribution in [0.2, 0.25) is 0 Å². The molecule has 2 aliphatic carbocycles. The summed E-state index contributed by atoms with van der Waals surface area (Å²) in [7, 11) is 0. The third-order valence-corrected chi connectivity index (χ3v) is 12.8. The molecule has 0 saturated carbocycles. The maximum Gasteiger partial charge on any atom is 0.0165 e. The molecule has 0 N–H and O–H groups in total. The molecule has 9 aromatic carbocycles. The van der Waals surface area contributed by atoms with Crippen molar-refractivity contribution in [2.45, 2.75) is 38.5 Å². The molecule has 0 aliphatic heterocycles. The van der Waals surface area contributed by atoms with Gasteiger partial charge in [0.2, 0.25) is 0 Å². The fraction of sp³-hybridized carbons (Fsp3) is 0.111. The van der Waals surface area contributed by atoms with Crippen LogP contribution in [-0.2, 0) is 10.8 Å². The second-order valence-corrected chi connectivity index (χ2v) is 16.4. The predicted molar refractivity (Wildman–Crippen MR) is 230 cm³/mol. The predicted octanol–water partition coefficient (Wildman–Crippen LogP) is 14.8. The number of rotatable bonds is 3. The van der Waals surface area contributed by atoms with Gasteiger partial charge in [-0.15, -0.1) is 0 Å². The lowest BCUT2D eigenvalue weighted by atomic mass is 9.77. The topological polar surface area (TPSA) is 0 Å². The van der Waals surface area contributed by atoms with Gasteiger partial charge in [-0.1, -0.05) is 185 Å². The number of hydrogen-bond donors (Lipinski definition) is 0. The highest BCUT2D eigenvalue weighted by Gasteiger charge is 2.44. The van der Waals surface area contributed by atoms with Crippen molar-refractivity contribution in [2.24, 2.45) is 0 Å². The van der Waals surface area contributed by atoms with Gasteiger partial charge in [-0.2, -0.15) is 0 Å². The van der Waals surface area contributed by atoms with E-state index in [1.165, 1.54) is 110 Å². The number of benzene rings is 9. The highest BCUT2D eigenvalue weighted by Crippen LogP contribution is 2.59. The molecule has 0 heteroatoms. The monoisotopic (exact) mass is 688 g/mol. The zero-order chi connectivity index (χ0) is 36.3. The van der Waals surface area contributed by atoms with Gasteiger partial charge in [-0.3, -0.25) is 0 Å². The minimum atomic E-state index is -0.0675. The van der Waals surface area contributed by atoms with E-state index in [0.29, 0.717) is 0 Å². The third-order valence-electron chi connectivity index (χ3n) is 12.8. The van der Waals surface area contributed by atoms with Gasteiger partial charge in [0.1, 0.15) is 0 Å². The first-order valence-electron chi connectivity index (χ1n) is 19.3. The van der Waals surface area contributed by atoms with E-state index >= 15 is 0 Å². The van der Waals surface area contributed by atoms with Gasteiger partial charge in [0.15, 0.2) is 0 Å². The van der Waals surface area contributed by atoms with Crippen LogP contribution in [0.3, 0.4) is 0 Å². The average Bonchev–Trinajstić information content (AvgIpc) is 3.59. The summed E-state index contributed by atoms with van der Waals surface area (Å²) in [4.78, 5) is 0. The molecule has 0 heterocycles. The molecule has 0 fully saturated rings. The molecule has 0 spiro atoms. The van der Waals surface area contributed by atoms with Crippen LogP contribution in [0.25, 0.3) is 88.0 Å². The Morgan fingerprint density at radius 1 is 0.296 bits per heavy atom. The van der Waals surface area contributed by atoms with Crippen LogP contribution in [0, 0.1) is 0 Å². The Labute approximate surface area is 317 Å². The minimum Gasteiger partial charge on any atom is -0.0619 e. The first-order chi connectivity index (χ1) is 26.3. The standard InChI is InChI=1S/C54H40/c1-53(2)47-29-27-37(32-45(47)51-48(53)30-28-44-39-15-11-12-20-46(39)54(3,4)52(44)51)34-21-24-35(25-22-34)49-40-16-7-9-18-42(40)50(43-19-10-8-17-41(43)49)38-26-23-33-13-5-6-14-36(33)31-38/h5-32H,1-4H3. The number of fused-ring (bicyclic) bond motifs is 10. The van der Waals surface area contributed by atoms with Crippen LogP contribution in [0.4, 0.5) is 0 Å². The molecule has 11 rings (SSSR count). The van der Waals surface area contributed by atoms with E-state index in [-0.39, 0.29) is 10.8 Å². The summed E-state index contributed by atoms with van der Waals surface area (Å²) in [6, 6.07) is 63.8. The van der Waals surface area contributed by atoms with E-state index in [4.69, 9.17) is 0 Å². The van der Waals surface area contributed by atoms with Gasteiger partial charge >= 0.3 is 0 Å². The Balaban J connectivity index is 1.05. The van der Waals surface area contributed by atoms with Gasteiger partial charge in [0, 0.05) is 10.8 Å². The Morgan fingerprint density at radius 3 is 1.52 bits per heavy atom. The lowest BCUT2D eigenvalue weighted by Crippen LogP contribution is -2.18. The van der Waals surface area contributed by atoms with Gasteiger partial charge in [-0.25, -0.2) is 0 Å². The molecule has 54 heavy (non-hydrogen) atoms. The highest BCUT2D eigenvalue weighted by atomic mass is 14.5. The lowest BCUT2D eigenvalue weighted by molar-refractivity contribution is 0.647. The lowest BCUT2D eigenvalue weighted by Gasteiger charge is -2.26. The molecule has 0 atom stereocenters. The largest absolute Gasteiger partial charge is 0.0619 e. The van der Waals surface area contributed by atoms with Crippen LogP contribution >= 0.6 is 0 Å². The molecule has 0 bridgehead atoms. The Kier molecular flexibility index (Phi) is 6.46. The summed E-state index contributed by atoms with van der Waals surface area (Å²) < 4.78 is 0. The van der Waals surface area contributed by atoms with Crippen LogP contribution in [0.15, 0.2) is 170 Å². The van der Waals surface area contributed by atoms with Gasteiger partial charge in [0.05, 0.1) is 0 Å². The summed E-state index contributed by atoms with van der Waals surface area (Å²) in [6.45, 7) is 9.61. The van der Waals surface area contributed by atoms with E-state index in [2.05, 4.69) is 198 Å². The van der Waals surface area contributed by atoms with E-state index in [0.717, 1.165) is 0 Å². The number of hydrogen-bond acceptors (Lipinski definition) is 0. The van der Waals surface area contributed by atoms with Crippen molar-refractivity contribution in [1.82, 2.24) is 0 Å². The SMILES string of the molecule is CC1(C)c2ccc(-c3ccc(-c4c5ccccc5c(-c5ccc6ccccc6c5)c5ccccc45)cc3)cc2-c2c1ccc1c2C(C)(C)c2ccccc2-1. The zero-order valence-electron chi connectivity index (χ0n) is 31.2. The van der Waals surface area contributed by atoms with Gasteiger partial charge in [0.25, 0.3) is 0 Å². The normalized spacial score (nSPS) is 14.6. The van der Waals surface area contributed by atoms with Crippen molar-refractivity contribution in [3.8, 4) is 55.6 Å². The zero-order valence-corrected chi connectivity index (χ0v) is 31.2. The van der Waals surface area contributed by atoms with Crippen molar-refractivity contribution >= 4 is 32.3 Å². The summed E-state index contributed by atoms with van der Waals surface area (Å²) in [5, 5.41) is 7.65. The molecule has 2 aliphatic rings. The average molecular weight is 689 g/mol. The van der Waals surface area contributed by atoms with Crippen LogP contribution < -0.4 is 0 Å². The molecule has 0 unspecified atom stereocenters. The molecule has 9 aromatic rings.